The van der Waals surface area contributed by atoms with Gasteiger partial charge in [0.05, 0.1) is 29.9 Å². The second-order valence-corrected chi connectivity index (χ2v) is 5.90. The summed E-state index contributed by atoms with van der Waals surface area (Å²) in [4.78, 5) is 44.8. The summed E-state index contributed by atoms with van der Waals surface area (Å²) in [5.74, 6) is -1.92. The van der Waals surface area contributed by atoms with Gasteiger partial charge in [-0.1, -0.05) is 23.8 Å². The molecule has 9 heteroatoms. The fourth-order valence-electron chi connectivity index (χ4n) is 2.80. The number of aliphatic hydroxyl groups is 1. The lowest BCUT2D eigenvalue weighted by Crippen LogP contribution is -2.15. The SMILES string of the molecule is O=C1OC(=O)c2cc(CONOCc3ccc4c(c3)C(=O)OC4O)ccc21. The summed E-state index contributed by atoms with van der Waals surface area (Å²) >= 11 is 0. The Hall–Kier alpha value is -3.11. The Balaban J connectivity index is 1.28. The summed E-state index contributed by atoms with van der Waals surface area (Å²) in [6.07, 6.45) is -1.23. The molecule has 0 saturated heterocycles. The zero-order valence-corrected chi connectivity index (χ0v) is 13.8. The molecule has 0 aliphatic carbocycles. The quantitative estimate of drug-likeness (QED) is 0.335. The number of aliphatic hydroxyl groups excluding tert-OH is 1. The number of carbonyl (C=O) groups is 3. The van der Waals surface area contributed by atoms with Gasteiger partial charge in [0.15, 0.2) is 0 Å². The van der Waals surface area contributed by atoms with E-state index in [0.29, 0.717) is 22.3 Å². The monoisotopic (exact) mass is 371 g/mol. The van der Waals surface area contributed by atoms with E-state index < -0.39 is 24.2 Å². The first-order valence-electron chi connectivity index (χ1n) is 7.93. The molecule has 9 nitrogen and oxygen atoms in total. The average Bonchev–Trinajstić information content (AvgIpc) is 3.10. The van der Waals surface area contributed by atoms with Crippen molar-refractivity contribution in [2.45, 2.75) is 19.5 Å². The van der Waals surface area contributed by atoms with Gasteiger partial charge < -0.3 is 14.6 Å². The van der Waals surface area contributed by atoms with Gasteiger partial charge in [0, 0.05) is 5.56 Å². The van der Waals surface area contributed by atoms with Crippen molar-refractivity contribution >= 4 is 17.9 Å². The fourth-order valence-corrected chi connectivity index (χ4v) is 2.80. The van der Waals surface area contributed by atoms with Gasteiger partial charge in [0.1, 0.15) is 0 Å². The molecule has 0 amide bonds. The number of carbonyl (C=O) groups excluding carboxylic acids is 3. The summed E-state index contributed by atoms with van der Waals surface area (Å²) in [5.41, 5.74) is 4.78. The maximum atomic E-state index is 11.6. The number of nitrogens with one attached hydrogen (secondary N) is 1. The minimum Gasteiger partial charge on any atom is -0.428 e. The van der Waals surface area contributed by atoms with Gasteiger partial charge in [0.25, 0.3) is 0 Å². The molecule has 0 aromatic heterocycles. The van der Waals surface area contributed by atoms with Gasteiger partial charge in [-0.05, 0) is 29.3 Å². The van der Waals surface area contributed by atoms with E-state index in [9.17, 15) is 19.5 Å². The molecular formula is C18H13NO8. The van der Waals surface area contributed by atoms with E-state index in [-0.39, 0.29) is 24.3 Å². The largest absolute Gasteiger partial charge is 0.428 e. The van der Waals surface area contributed by atoms with E-state index >= 15 is 0 Å². The molecule has 2 N–H and O–H groups in total. The number of hydrogen-bond acceptors (Lipinski definition) is 9. The number of rotatable bonds is 6. The van der Waals surface area contributed by atoms with Gasteiger partial charge in [-0.2, -0.15) is 0 Å². The number of fused-ring (bicyclic) bond motifs is 2. The van der Waals surface area contributed by atoms with E-state index in [2.05, 4.69) is 10.4 Å². The Morgan fingerprint density at radius 2 is 1.48 bits per heavy atom. The Kier molecular flexibility index (Phi) is 4.42. The molecule has 2 aliphatic heterocycles. The smallest absolute Gasteiger partial charge is 0.346 e. The van der Waals surface area contributed by atoms with Crippen molar-refractivity contribution in [2.24, 2.45) is 0 Å². The molecule has 2 aromatic carbocycles. The molecule has 1 unspecified atom stereocenters. The molecule has 2 aliphatic rings. The van der Waals surface area contributed by atoms with Gasteiger partial charge >= 0.3 is 17.9 Å². The highest BCUT2D eigenvalue weighted by atomic mass is 16.9. The lowest BCUT2D eigenvalue weighted by molar-refractivity contribution is -0.184. The van der Waals surface area contributed by atoms with Gasteiger partial charge in [-0.25, -0.2) is 14.4 Å². The summed E-state index contributed by atoms with van der Waals surface area (Å²) < 4.78 is 9.22. The summed E-state index contributed by atoms with van der Waals surface area (Å²) in [5, 5.41) is 9.53. The summed E-state index contributed by atoms with van der Waals surface area (Å²) in [6.45, 7) is 0.180. The Labute approximate surface area is 152 Å². The van der Waals surface area contributed by atoms with Crippen LogP contribution in [0, 0.1) is 0 Å². The molecule has 2 aromatic rings. The number of esters is 3. The van der Waals surface area contributed by atoms with Crippen LogP contribution >= 0.6 is 0 Å². The van der Waals surface area contributed by atoms with Crippen LogP contribution in [0.15, 0.2) is 36.4 Å². The molecule has 0 spiro atoms. The molecule has 4 rings (SSSR count). The topological polar surface area (TPSA) is 120 Å². The molecule has 0 radical (unpaired) electrons. The maximum Gasteiger partial charge on any atom is 0.346 e. The van der Waals surface area contributed by atoms with Gasteiger partial charge in [-0.3, -0.25) is 9.68 Å². The predicted molar refractivity (Wildman–Crippen MR) is 85.7 cm³/mol. The van der Waals surface area contributed by atoms with Gasteiger partial charge in [-0.15, -0.1) is 0 Å². The van der Waals surface area contributed by atoms with Crippen molar-refractivity contribution in [1.82, 2.24) is 5.64 Å². The van der Waals surface area contributed by atoms with Crippen molar-refractivity contribution < 1.29 is 38.6 Å². The lowest BCUT2D eigenvalue weighted by Gasteiger charge is -2.08. The molecular weight excluding hydrogens is 358 g/mol. The minimum atomic E-state index is -1.23. The molecule has 27 heavy (non-hydrogen) atoms. The van der Waals surface area contributed by atoms with Crippen LogP contribution in [0.5, 0.6) is 0 Å². The second-order valence-electron chi connectivity index (χ2n) is 5.90. The lowest BCUT2D eigenvalue weighted by atomic mass is 10.1. The third-order valence-electron chi connectivity index (χ3n) is 4.13. The Morgan fingerprint density at radius 3 is 2.22 bits per heavy atom. The minimum absolute atomic E-state index is 0.0808. The molecule has 1 atom stereocenters. The number of ether oxygens (including phenoxy) is 2. The van der Waals surface area contributed by atoms with Crippen molar-refractivity contribution in [3.8, 4) is 0 Å². The standard InChI is InChI=1S/C18H13NO8/c20-15-11-3-1-9(5-13(11)17(22)26-15)7-24-19-25-8-10-2-4-12-14(6-10)18(23)27-16(12)21/h1-6,15,19-20H,7-8H2. The highest BCUT2D eigenvalue weighted by Gasteiger charge is 2.30. The van der Waals surface area contributed by atoms with Gasteiger partial charge in [0.2, 0.25) is 6.29 Å². The molecule has 2 heterocycles. The predicted octanol–water partition coefficient (Wildman–Crippen LogP) is 1.31. The van der Waals surface area contributed by atoms with Crippen molar-refractivity contribution in [3.63, 3.8) is 0 Å². The summed E-state index contributed by atoms with van der Waals surface area (Å²) in [7, 11) is 0. The molecule has 0 bridgehead atoms. The zero-order valence-electron chi connectivity index (χ0n) is 13.8. The number of cyclic esters (lactones) is 3. The Morgan fingerprint density at radius 1 is 0.852 bits per heavy atom. The normalized spacial score (nSPS) is 17.5. The first-order valence-corrected chi connectivity index (χ1v) is 7.93. The van der Waals surface area contributed by atoms with Crippen molar-refractivity contribution in [1.29, 1.82) is 0 Å². The van der Waals surface area contributed by atoms with Crippen LogP contribution in [0.3, 0.4) is 0 Å². The molecule has 0 fully saturated rings. The first kappa shape index (κ1) is 17.3. The van der Waals surface area contributed by atoms with E-state index in [0.717, 1.165) is 0 Å². The second kappa shape index (κ2) is 6.89. The van der Waals surface area contributed by atoms with Crippen LogP contribution in [0.4, 0.5) is 0 Å². The summed E-state index contributed by atoms with van der Waals surface area (Å²) in [6, 6.07) is 9.50. The van der Waals surface area contributed by atoms with E-state index in [4.69, 9.17) is 14.4 Å². The average molecular weight is 371 g/mol. The highest BCUT2D eigenvalue weighted by Crippen LogP contribution is 2.29. The number of hydrogen-bond donors (Lipinski definition) is 2. The van der Waals surface area contributed by atoms with Crippen LogP contribution < -0.4 is 5.64 Å². The fraction of sp³-hybridized carbons (Fsp3) is 0.167. The Bertz CT molecular complexity index is 954. The van der Waals surface area contributed by atoms with E-state index in [1.165, 1.54) is 12.1 Å². The van der Waals surface area contributed by atoms with Crippen molar-refractivity contribution in [2.75, 3.05) is 0 Å². The molecule has 0 saturated carbocycles. The van der Waals surface area contributed by atoms with Crippen LogP contribution in [-0.2, 0) is 32.4 Å². The van der Waals surface area contributed by atoms with Crippen LogP contribution in [0.1, 0.15) is 54.1 Å². The third kappa shape index (κ3) is 3.32. The van der Waals surface area contributed by atoms with E-state index in [1.807, 2.05) is 0 Å². The van der Waals surface area contributed by atoms with Crippen molar-refractivity contribution in [3.05, 3.63) is 69.8 Å². The van der Waals surface area contributed by atoms with Crippen LogP contribution in [-0.4, -0.2) is 23.0 Å². The first-order chi connectivity index (χ1) is 13.0. The number of benzene rings is 2. The molecule has 138 valence electrons. The van der Waals surface area contributed by atoms with Crippen LogP contribution in [0.2, 0.25) is 0 Å². The van der Waals surface area contributed by atoms with E-state index in [1.54, 1.807) is 24.3 Å². The maximum absolute atomic E-state index is 11.6. The third-order valence-corrected chi connectivity index (χ3v) is 4.13. The van der Waals surface area contributed by atoms with Crippen LogP contribution in [0.25, 0.3) is 0 Å². The zero-order chi connectivity index (χ0) is 19.0. The highest BCUT2D eigenvalue weighted by molar-refractivity contribution is 6.14.